The van der Waals surface area contributed by atoms with Gasteiger partial charge in [-0.05, 0) is 55.5 Å². The second-order valence-electron chi connectivity index (χ2n) is 7.33. The van der Waals surface area contributed by atoms with E-state index >= 15 is 0 Å². The third kappa shape index (κ3) is 6.80. The van der Waals surface area contributed by atoms with Crippen molar-refractivity contribution in [3.05, 3.63) is 59.7 Å². The number of benzene rings is 2. The Kier molecular flexibility index (Phi) is 9.74. The summed E-state index contributed by atoms with van der Waals surface area (Å²) in [6.07, 6.45) is 4.10. The third-order valence-electron chi connectivity index (χ3n) is 5.22. The number of phenols is 1. The Morgan fingerprint density at radius 3 is 2.73 bits per heavy atom. The molecule has 0 aliphatic carbocycles. The Morgan fingerprint density at radius 2 is 2.00 bits per heavy atom. The summed E-state index contributed by atoms with van der Waals surface area (Å²) in [6.45, 7) is 2.65. The van der Waals surface area contributed by atoms with Gasteiger partial charge in [0.2, 0.25) is 0 Å². The third-order valence-corrected chi connectivity index (χ3v) is 5.22. The molecule has 2 aromatic carbocycles. The number of nitrogens with one attached hydrogen (secondary N) is 2. The van der Waals surface area contributed by atoms with Crippen molar-refractivity contribution in [2.24, 2.45) is 4.99 Å². The van der Waals surface area contributed by atoms with Crippen LogP contribution in [-0.2, 0) is 6.42 Å². The van der Waals surface area contributed by atoms with Crippen LogP contribution >= 0.6 is 24.0 Å². The molecule has 2 aromatic rings. The molecule has 30 heavy (non-hydrogen) atoms. The minimum Gasteiger partial charge on any atom is -0.508 e. The van der Waals surface area contributed by atoms with E-state index in [2.05, 4.69) is 26.6 Å². The topological polar surface area (TPSA) is 83.7 Å². The highest BCUT2D eigenvalue weighted by Gasteiger charge is 2.22. The number of aliphatic imine (C=N–C) groups is 1. The number of rotatable bonds is 6. The molecule has 1 unspecified atom stereocenters. The number of anilines is 1. The van der Waals surface area contributed by atoms with Crippen molar-refractivity contribution in [1.29, 1.82) is 5.26 Å². The number of nitriles is 1. The standard InChI is InChI=1S/C23H29N5O.HI/c1-25-23(26-14-4-6-18-10-12-21(29)13-11-18)27-20-8-5-15-28(17-20)22-9-3-2-7-19(22)16-24;/h2-3,7,9-13,20,29H,4-6,8,14-15,17H2,1H3,(H2,25,26,27);1H. The number of nitrogens with zero attached hydrogens (tertiary/aromatic N) is 3. The lowest BCUT2D eigenvalue weighted by Gasteiger charge is -2.35. The highest BCUT2D eigenvalue weighted by atomic mass is 127. The molecule has 1 fully saturated rings. The number of aromatic hydroxyl groups is 1. The molecule has 6 nitrogen and oxygen atoms in total. The molecule has 1 atom stereocenters. The summed E-state index contributed by atoms with van der Waals surface area (Å²) < 4.78 is 0. The van der Waals surface area contributed by atoms with E-state index in [1.54, 1.807) is 19.2 Å². The number of guanidine groups is 1. The van der Waals surface area contributed by atoms with Crippen LogP contribution < -0.4 is 15.5 Å². The van der Waals surface area contributed by atoms with Gasteiger partial charge in [0.05, 0.1) is 11.3 Å². The lowest BCUT2D eigenvalue weighted by atomic mass is 10.0. The van der Waals surface area contributed by atoms with Crippen molar-refractivity contribution in [2.75, 3.05) is 31.6 Å². The summed E-state index contributed by atoms with van der Waals surface area (Å²) >= 11 is 0. The summed E-state index contributed by atoms with van der Waals surface area (Å²) in [5.74, 6) is 1.12. The number of phenolic OH excluding ortho intramolecular Hbond substituents is 1. The van der Waals surface area contributed by atoms with Gasteiger partial charge in [0.1, 0.15) is 11.8 Å². The maximum atomic E-state index is 9.38. The fourth-order valence-electron chi connectivity index (χ4n) is 3.71. The quantitative estimate of drug-likeness (QED) is 0.235. The van der Waals surface area contributed by atoms with Gasteiger partial charge < -0.3 is 20.6 Å². The molecular formula is C23H30IN5O. The maximum Gasteiger partial charge on any atom is 0.191 e. The van der Waals surface area contributed by atoms with Crippen LogP contribution in [0.3, 0.4) is 0 Å². The summed E-state index contributed by atoms with van der Waals surface area (Å²) in [5, 5.41) is 25.7. The Balaban J connectivity index is 0.00000320. The van der Waals surface area contributed by atoms with Crippen molar-refractivity contribution in [3.63, 3.8) is 0 Å². The van der Waals surface area contributed by atoms with Crippen molar-refractivity contribution in [1.82, 2.24) is 10.6 Å². The van der Waals surface area contributed by atoms with Crippen LogP contribution in [-0.4, -0.2) is 43.8 Å². The van der Waals surface area contributed by atoms with Crippen LogP contribution in [0, 0.1) is 11.3 Å². The average molecular weight is 519 g/mol. The van der Waals surface area contributed by atoms with Crippen molar-refractivity contribution < 1.29 is 5.11 Å². The fraction of sp³-hybridized carbons (Fsp3) is 0.391. The molecule has 1 aliphatic heterocycles. The molecule has 0 spiro atoms. The van der Waals surface area contributed by atoms with E-state index in [-0.39, 0.29) is 24.0 Å². The smallest absolute Gasteiger partial charge is 0.191 e. The monoisotopic (exact) mass is 519 g/mol. The molecule has 1 heterocycles. The van der Waals surface area contributed by atoms with Gasteiger partial charge in [-0.2, -0.15) is 5.26 Å². The van der Waals surface area contributed by atoms with E-state index in [9.17, 15) is 10.4 Å². The highest BCUT2D eigenvalue weighted by molar-refractivity contribution is 14.0. The normalized spacial score (nSPS) is 16.3. The number of halogens is 1. The summed E-state index contributed by atoms with van der Waals surface area (Å²) in [5.41, 5.74) is 2.95. The van der Waals surface area contributed by atoms with E-state index < -0.39 is 0 Å². The van der Waals surface area contributed by atoms with Gasteiger partial charge in [-0.1, -0.05) is 24.3 Å². The van der Waals surface area contributed by atoms with Crippen molar-refractivity contribution in [2.45, 2.75) is 31.7 Å². The van der Waals surface area contributed by atoms with Gasteiger partial charge in [-0.25, -0.2) is 0 Å². The van der Waals surface area contributed by atoms with Gasteiger partial charge in [-0.15, -0.1) is 24.0 Å². The summed E-state index contributed by atoms with van der Waals surface area (Å²) in [6, 6.07) is 17.7. The number of piperidine rings is 1. The van der Waals surface area contributed by atoms with Gasteiger partial charge in [0, 0.05) is 32.7 Å². The van der Waals surface area contributed by atoms with Crippen molar-refractivity contribution >= 4 is 35.6 Å². The Labute approximate surface area is 196 Å². The minimum absolute atomic E-state index is 0. The predicted octanol–water partition coefficient (Wildman–Crippen LogP) is 3.65. The minimum atomic E-state index is 0. The highest BCUT2D eigenvalue weighted by Crippen LogP contribution is 2.23. The molecule has 1 aliphatic rings. The van der Waals surface area contributed by atoms with E-state index in [0.29, 0.717) is 11.8 Å². The first-order valence-electron chi connectivity index (χ1n) is 10.2. The summed E-state index contributed by atoms with van der Waals surface area (Å²) in [7, 11) is 1.79. The number of hydrogen-bond acceptors (Lipinski definition) is 4. The van der Waals surface area contributed by atoms with Crippen LogP contribution in [0.15, 0.2) is 53.5 Å². The van der Waals surface area contributed by atoms with Crippen LogP contribution in [0.4, 0.5) is 5.69 Å². The molecule has 0 aromatic heterocycles. The first-order chi connectivity index (χ1) is 14.2. The molecule has 3 rings (SSSR count). The number of hydrogen-bond donors (Lipinski definition) is 3. The van der Waals surface area contributed by atoms with E-state index in [4.69, 9.17) is 0 Å². The van der Waals surface area contributed by atoms with Crippen LogP contribution in [0.1, 0.15) is 30.4 Å². The average Bonchev–Trinajstić information content (AvgIpc) is 2.77. The first-order valence-corrected chi connectivity index (χ1v) is 10.2. The molecule has 1 saturated heterocycles. The number of para-hydroxylation sites is 1. The van der Waals surface area contributed by atoms with Gasteiger partial charge >= 0.3 is 0 Å². The second kappa shape index (κ2) is 12.3. The molecular weight excluding hydrogens is 489 g/mol. The molecule has 0 radical (unpaired) electrons. The molecule has 0 saturated carbocycles. The Morgan fingerprint density at radius 1 is 1.23 bits per heavy atom. The van der Waals surface area contributed by atoms with Crippen LogP contribution in [0.2, 0.25) is 0 Å². The Bertz CT molecular complexity index is 863. The van der Waals surface area contributed by atoms with E-state index in [0.717, 1.165) is 62.5 Å². The lowest BCUT2D eigenvalue weighted by molar-refractivity contribution is 0.467. The second-order valence-corrected chi connectivity index (χ2v) is 7.33. The molecule has 7 heteroatoms. The molecule has 0 amide bonds. The van der Waals surface area contributed by atoms with Gasteiger partial charge in [-0.3, -0.25) is 4.99 Å². The largest absolute Gasteiger partial charge is 0.508 e. The molecule has 160 valence electrons. The van der Waals surface area contributed by atoms with Crippen LogP contribution in [0.25, 0.3) is 0 Å². The summed E-state index contributed by atoms with van der Waals surface area (Å²) in [4.78, 5) is 6.65. The molecule has 3 N–H and O–H groups in total. The zero-order chi connectivity index (χ0) is 20.5. The molecule has 0 bridgehead atoms. The lowest BCUT2D eigenvalue weighted by Crippen LogP contribution is -2.51. The Hall–Kier alpha value is -2.47. The van der Waals surface area contributed by atoms with E-state index in [1.165, 1.54) is 5.56 Å². The maximum absolute atomic E-state index is 9.38. The fourth-order valence-corrected chi connectivity index (χ4v) is 3.71. The van der Waals surface area contributed by atoms with Crippen molar-refractivity contribution in [3.8, 4) is 11.8 Å². The van der Waals surface area contributed by atoms with Gasteiger partial charge in [0.25, 0.3) is 0 Å². The zero-order valence-electron chi connectivity index (χ0n) is 17.3. The van der Waals surface area contributed by atoms with Gasteiger partial charge in [0.15, 0.2) is 5.96 Å². The SMILES string of the molecule is CN=C(NCCCc1ccc(O)cc1)NC1CCCN(c2ccccc2C#N)C1.I. The predicted molar refractivity (Wildman–Crippen MR) is 133 cm³/mol. The zero-order valence-corrected chi connectivity index (χ0v) is 19.7. The first kappa shape index (κ1) is 23.8. The number of aryl methyl sites for hydroxylation is 1. The van der Waals surface area contributed by atoms with Crippen LogP contribution in [0.5, 0.6) is 5.75 Å². The van der Waals surface area contributed by atoms with E-state index in [1.807, 2.05) is 36.4 Å².